The molecule has 7 heteroatoms. The average Bonchev–Trinajstić information content (AvgIpc) is 3.15. The van der Waals surface area contributed by atoms with Crippen molar-refractivity contribution in [2.24, 2.45) is 5.73 Å². The van der Waals surface area contributed by atoms with E-state index in [0.29, 0.717) is 13.1 Å². The highest BCUT2D eigenvalue weighted by Gasteiger charge is 2.48. The van der Waals surface area contributed by atoms with E-state index >= 15 is 0 Å². The van der Waals surface area contributed by atoms with Gasteiger partial charge in [0.2, 0.25) is 11.8 Å². The van der Waals surface area contributed by atoms with Crippen LogP contribution in [0.2, 0.25) is 0 Å². The van der Waals surface area contributed by atoms with Crippen LogP contribution < -0.4 is 5.73 Å². The van der Waals surface area contributed by atoms with Gasteiger partial charge < -0.3 is 15.5 Å². The highest BCUT2D eigenvalue weighted by molar-refractivity contribution is 5.86. The molecule has 2 amide bonds. The standard InChI is InChI=1S/C14H21N5O2/c1-17-10-5-12(14(17)21)18(7-10)8-11(16)13(20)19-4-2-3-9(19)6-15/h9-12H,2-5,7-8,16H2,1H3/t9?,10-,11?,12?/m0/s1. The van der Waals surface area contributed by atoms with Crippen LogP contribution in [0.3, 0.4) is 0 Å². The summed E-state index contributed by atoms with van der Waals surface area (Å²) < 4.78 is 0. The lowest BCUT2D eigenvalue weighted by molar-refractivity contribution is -0.138. The zero-order valence-electron chi connectivity index (χ0n) is 12.2. The van der Waals surface area contributed by atoms with E-state index in [9.17, 15) is 9.59 Å². The predicted molar refractivity (Wildman–Crippen MR) is 74.9 cm³/mol. The number of hydrogen-bond acceptors (Lipinski definition) is 5. The van der Waals surface area contributed by atoms with Crippen LogP contribution in [-0.4, -0.2) is 77.4 Å². The predicted octanol–water partition coefficient (Wildman–Crippen LogP) is -1.26. The maximum atomic E-state index is 12.4. The number of hydrogen-bond donors (Lipinski definition) is 1. The van der Waals surface area contributed by atoms with E-state index < -0.39 is 6.04 Å². The van der Waals surface area contributed by atoms with Crippen molar-refractivity contribution in [3.05, 3.63) is 0 Å². The summed E-state index contributed by atoms with van der Waals surface area (Å²) >= 11 is 0. The maximum Gasteiger partial charge on any atom is 0.241 e. The highest BCUT2D eigenvalue weighted by Crippen LogP contribution is 2.30. The number of rotatable bonds is 3. The van der Waals surface area contributed by atoms with E-state index in [-0.39, 0.29) is 29.9 Å². The molecule has 114 valence electrons. The topological polar surface area (TPSA) is 93.7 Å². The Morgan fingerprint density at radius 3 is 2.95 bits per heavy atom. The fraction of sp³-hybridized carbons (Fsp3) is 0.786. The molecule has 0 aliphatic carbocycles. The van der Waals surface area contributed by atoms with Gasteiger partial charge in [0, 0.05) is 32.7 Å². The van der Waals surface area contributed by atoms with E-state index in [1.165, 1.54) is 0 Å². The van der Waals surface area contributed by atoms with Crippen LogP contribution in [0.1, 0.15) is 19.3 Å². The summed E-state index contributed by atoms with van der Waals surface area (Å²) in [6.07, 6.45) is 2.42. The third-order valence-electron chi connectivity index (χ3n) is 5.00. The lowest BCUT2D eigenvalue weighted by atomic mass is 10.2. The lowest BCUT2D eigenvalue weighted by Crippen LogP contribution is -2.55. The van der Waals surface area contributed by atoms with Crippen molar-refractivity contribution in [3.63, 3.8) is 0 Å². The van der Waals surface area contributed by atoms with E-state index in [2.05, 4.69) is 6.07 Å². The second kappa shape index (κ2) is 5.28. The minimum atomic E-state index is -0.656. The lowest BCUT2D eigenvalue weighted by Gasteiger charge is -2.33. The second-order valence-corrected chi connectivity index (χ2v) is 6.23. The van der Waals surface area contributed by atoms with Crippen molar-refractivity contribution >= 4 is 11.8 Å². The van der Waals surface area contributed by atoms with Gasteiger partial charge in [-0.1, -0.05) is 0 Å². The van der Waals surface area contributed by atoms with Crippen LogP contribution >= 0.6 is 0 Å². The van der Waals surface area contributed by atoms with Crippen LogP contribution in [0.4, 0.5) is 0 Å². The number of nitrogens with two attached hydrogens (primary N) is 1. The van der Waals surface area contributed by atoms with Crippen molar-refractivity contribution < 1.29 is 9.59 Å². The van der Waals surface area contributed by atoms with Gasteiger partial charge in [0.25, 0.3) is 0 Å². The van der Waals surface area contributed by atoms with Gasteiger partial charge in [-0.25, -0.2) is 0 Å². The van der Waals surface area contributed by atoms with Gasteiger partial charge in [-0.15, -0.1) is 0 Å². The fourth-order valence-electron chi connectivity index (χ4n) is 3.74. The van der Waals surface area contributed by atoms with Crippen molar-refractivity contribution in [3.8, 4) is 6.07 Å². The summed E-state index contributed by atoms with van der Waals surface area (Å²) in [6.45, 7) is 1.79. The normalized spacial score (nSPS) is 33.6. The van der Waals surface area contributed by atoms with Crippen LogP contribution in [0, 0.1) is 11.3 Å². The van der Waals surface area contributed by atoms with Crippen LogP contribution in [-0.2, 0) is 9.59 Å². The van der Waals surface area contributed by atoms with Gasteiger partial charge in [-0.2, -0.15) is 5.26 Å². The quantitative estimate of drug-likeness (QED) is 0.701. The number of amides is 2. The molecule has 0 aromatic rings. The van der Waals surface area contributed by atoms with Crippen LogP contribution in [0.25, 0.3) is 0 Å². The SMILES string of the molecule is CN1C(=O)C2C[C@H]1CN2CC(N)C(=O)N1CCCC1C#N. The van der Waals surface area contributed by atoms with Gasteiger partial charge in [0.1, 0.15) is 6.04 Å². The molecule has 3 rings (SSSR count). The molecular formula is C14H21N5O2. The van der Waals surface area contributed by atoms with Crippen LogP contribution in [0.5, 0.6) is 0 Å². The first-order chi connectivity index (χ1) is 10.0. The number of nitriles is 1. The first-order valence-corrected chi connectivity index (χ1v) is 7.49. The molecule has 7 nitrogen and oxygen atoms in total. The Balaban J connectivity index is 1.60. The molecule has 0 aromatic heterocycles. The number of carbonyl (C=O) groups excluding carboxylic acids is 2. The van der Waals surface area contributed by atoms with Gasteiger partial charge in [0.05, 0.1) is 18.2 Å². The average molecular weight is 291 g/mol. The third kappa shape index (κ3) is 2.28. The molecule has 3 saturated heterocycles. The molecule has 0 spiro atoms. The number of nitrogens with zero attached hydrogens (tertiary/aromatic N) is 4. The van der Waals surface area contributed by atoms with Gasteiger partial charge in [-0.05, 0) is 19.3 Å². The Morgan fingerprint density at radius 1 is 1.57 bits per heavy atom. The zero-order valence-corrected chi connectivity index (χ0v) is 12.2. The molecule has 3 aliphatic heterocycles. The summed E-state index contributed by atoms with van der Waals surface area (Å²) in [5.74, 6) is -0.0374. The Bertz CT molecular complexity index is 502. The largest absolute Gasteiger partial charge is 0.340 e. The summed E-state index contributed by atoms with van der Waals surface area (Å²) in [4.78, 5) is 29.8. The minimum absolute atomic E-state index is 0.121. The van der Waals surface area contributed by atoms with Crippen molar-refractivity contribution in [1.29, 1.82) is 5.26 Å². The summed E-state index contributed by atoms with van der Waals surface area (Å²) in [5, 5.41) is 9.06. The molecule has 21 heavy (non-hydrogen) atoms. The molecule has 0 radical (unpaired) electrons. The molecule has 3 fully saturated rings. The van der Waals surface area contributed by atoms with Crippen molar-refractivity contribution in [2.45, 2.75) is 43.4 Å². The van der Waals surface area contributed by atoms with Crippen molar-refractivity contribution in [1.82, 2.24) is 14.7 Å². The Morgan fingerprint density at radius 2 is 2.33 bits per heavy atom. The molecule has 2 bridgehead atoms. The molecule has 2 N–H and O–H groups in total. The minimum Gasteiger partial charge on any atom is -0.340 e. The molecule has 3 heterocycles. The van der Waals surface area contributed by atoms with Crippen LogP contribution in [0.15, 0.2) is 0 Å². The summed E-state index contributed by atoms with van der Waals surface area (Å²) in [5.41, 5.74) is 6.04. The van der Waals surface area contributed by atoms with E-state index in [4.69, 9.17) is 11.0 Å². The van der Waals surface area contributed by atoms with E-state index in [0.717, 1.165) is 25.8 Å². The fourth-order valence-corrected chi connectivity index (χ4v) is 3.74. The maximum absolute atomic E-state index is 12.4. The zero-order chi connectivity index (χ0) is 15.1. The Hall–Kier alpha value is -1.65. The van der Waals surface area contributed by atoms with Crippen molar-refractivity contribution in [2.75, 3.05) is 26.7 Å². The number of carbonyl (C=O) groups is 2. The van der Waals surface area contributed by atoms with Gasteiger partial charge >= 0.3 is 0 Å². The summed E-state index contributed by atoms with van der Waals surface area (Å²) in [7, 11) is 1.83. The van der Waals surface area contributed by atoms with E-state index in [1.807, 2.05) is 11.9 Å². The molecule has 3 unspecified atom stereocenters. The first kappa shape index (κ1) is 14.3. The second-order valence-electron chi connectivity index (χ2n) is 6.23. The first-order valence-electron chi connectivity index (χ1n) is 7.49. The third-order valence-corrected chi connectivity index (χ3v) is 5.00. The Labute approximate surface area is 124 Å². The van der Waals surface area contributed by atoms with Gasteiger partial charge in [0.15, 0.2) is 0 Å². The highest BCUT2D eigenvalue weighted by atomic mass is 16.2. The Kier molecular flexibility index (Phi) is 3.59. The summed E-state index contributed by atoms with van der Waals surface area (Å²) in [6, 6.07) is 1.29. The number of likely N-dealkylation sites (N-methyl/N-ethyl adjacent to an activating group) is 1. The molecular weight excluding hydrogens is 270 g/mol. The van der Waals surface area contributed by atoms with E-state index in [1.54, 1.807) is 9.80 Å². The number of likely N-dealkylation sites (tertiary alicyclic amines) is 3. The smallest absolute Gasteiger partial charge is 0.241 e. The number of fused-ring (bicyclic) bond motifs is 2. The molecule has 0 saturated carbocycles. The number of piperazine rings is 1. The molecule has 3 aliphatic rings. The molecule has 4 atom stereocenters. The monoisotopic (exact) mass is 291 g/mol. The molecule has 0 aromatic carbocycles. The van der Waals surface area contributed by atoms with Gasteiger partial charge in [-0.3, -0.25) is 14.5 Å².